The summed E-state index contributed by atoms with van der Waals surface area (Å²) in [5, 5.41) is 7.36. The van der Waals surface area contributed by atoms with Crippen LogP contribution in [0.3, 0.4) is 0 Å². The van der Waals surface area contributed by atoms with Crippen LogP contribution < -0.4 is 10.6 Å². The van der Waals surface area contributed by atoms with E-state index in [0.29, 0.717) is 12.1 Å². The summed E-state index contributed by atoms with van der Waals surface area (Å²) in [7, 11) is 0. The number of benzene rings is 2. The van der Waals surface area contributed by atoms with Gasteiger partial charge in [0, 0.05) is 25.3 Å². The van der Waals surface area contributed by atoms with Crippen molar-refractivity contribution in [3.8, 4) is 0 Å². The Labute approximate surface area is 168 Å². The summed E-state index contributed by atoms with van der Waals surface area (Å²) in [6, 6.07) is 24.5. The molecule has 2 aromatic carbocycles. The van der Waals surface area contributed by atoms with Gasteiger partial charge in [0.1, 0.15) is 0 Å². The van der Waals surface area contributed by atoms with Gasteiger partial charge in [-0.3, -0.25) is 4.98 Å². The van der Waals surface area contributed by atoms with Crippen LogP contribution in [0, 0.1) is 0 Å². The second kappa shape index (κ2) is 9.13. The van der Waals surface area contributed by atoms with E-state index in [1.807, 2.05) is 12.3 Å². The minimum absolute atomic E-state index is 0.341. The maximum atomic E-state index is 4.64. The minimum atomic E-state index is 0.341. The van der Waals surface area contributed by atoms with Gasteiger partial charge in [-0.15, -0.1) is 0 Å². The fourth-order valence-corrected chi connectivity index (χ4v) is 4.03. The van der Waals surface area contributed by atoms with E-state index in [1.54, 1.807) is 0 Å². The number of rotatable bonds is 7. The molecule has 3 aromatic rings. The molecule has 1 aliphatic rings. The highest BCUT2D eigenvalue weighted by molar-refractivity contribution is 5.27. The predicted octanol–water partition coefficient (Wildman–Crippen LogP) is 5.10. The summed E-state index contributed by atoms with van der Waals surface area (Å²) < 4.78 is 0. The van der Waals surface area contributed by atoms with Crippen molar-refractivity contribution in [2.75, 3.05) is 0 Å². The average Bonchev–Trinajstić information content (AvgIpc) is 2.77. The lowest BCUT2D eigenvalue weighted by Gasteiger charge is -2.25. The van der Waals surface area contributed by atoms with Crippen LogP contribution in [0.5, 0.6) is 0 Å². The molecule has 2 atom stereocenters. The lowest BCUT2D eigenvalue weighted by molar-refractivity contribution is 0.447. The summed E-state index contributed by atoms with van der Waals surface area (Å²) in [5.41, 5.74) is 6.62. The van der Waals surface area contributed by atoms with Crippen LogP contribution in [0.25, 0.3) is 0 Å². The average molecular weight is 372 g/mol. The number of aromatic nitrogens is 1. The summed E-state index contributed by atoms with van der Waals surface area (Å²) in [6.07, 6.45) is 5.47. The van der Waals surface area contributed by atoms with Crippen LogP contribution in [-0.4, -0.2) is 4.98 Å². The molecule has 144 valence electrons. The molecule has 28 heavy (non-hydrogen) atoms. The third-order valence-corrected chi connectivity index (χ3v) is 5.65. The Hall–Kier alpha value is -2.49. The first kappa shape index (κ1) is 18.9. The zero-order valence-corrected chi connectivity index (χ0v) is 16.6. The first-order chi connectivity index (χ1) is 13.8. The van der Waals surface area contributed by atoms with Crippen molar-refractivity contribution < 1.29 is 0 Å². The number of nitrogens with zero attached hydrogens (tertiary/aromatic N) is 1. The molecule has 0 bridgehead atoms. The van der Waals surface area contributed by atoms with E-state index in [0.717, 1.165) is 19.5 Å². The third kappa shape index (κ3) is 4.67. The number of pyridine rings is 1. The molecule has 0 amide bonds. The Kier molecular flexibility index (Phi) is 6.15. The second-order valence-electron chi connectivity index (χ2n) is 7.71. The molecule has 1 heterocycles. The van der Waals surface area contributed by atoms with Crippen LogP contribution in [-0.2, 0) is 19.5 Å². The SMILES string of the molecule is CC(NCc1cccc(CNC2CCCc3cccnc32)c1)c1ccccc1. The molecular formula is C25H29N3. The fraction of sp³-hybridized carbons (Fsp3) is 0.320. The third-order valence-electron chi connectivity index (χ3n) is 5.65. The van der Waals surface area contributed by atoms with Gasteiger partial charge in [-0.25, -0.2) is 0 Å². The van der Waals surface area contributed by atoms with Gasteiger partial charge in [-0.1, -0.05) is 60.7 Å². The van der Waals surface area contributed by atoms with Crippen molar-refractivity contribution in [3.63, 3.8) is 0 Å². The van der Waals surface area contributed by atoms with Crippen LogP contribution in [0.1, 0.15) is 59.8 Å². The second-order valence-corrected chi connectivity index (χ2v) is 7.71. The number of nitrogens with one attached hydrogen (secondary N) is 2. The maximum Gasteiger partial charge on any atom is 0.0605 e. The van der Waals surface area contributed by atoms with Gasteiger partial charge in [0.05, 0.1) is 11.7 Å². The van der Waals surface area contributed by atoms with Crippen molar-refractivity contribution in [1.29, 1.82) is 0 Å². The van der Waals surface area contributed by atoms with Crippen LogP contribution >= 0.6 is 0 Å². The van der Waals surface area contributed by atoms with E-state index in [2.05, 4.69) is 83.2 Å². The first-order valence-electron chi connectivity index (χ1n) is 10.3. The molecule has 0 radical (unpaired) electrons. The molecular weight excluding hydrogens is 342 g/mol. The van der Waals surface area contributed by atoms with Crippen LogP contribution in [0.15, 0.2) is 72.9 Å². The molecule has 2 unspecified atom stereocenters. The molecule has 0 saturated heterocycles. The quantitative estimate of drug-likeness (QED) is 0.607. The van der Waals surface area contributed by atoms with Gasteiger partial charge in [0.2, 0.25) is 0 Å². The first-order valence-corrected chi connectivity index (χ1v) is 10.3. The largest absolute Gasteiger partial charge is 0.306 e. The van der Waals surface area contributed by atoms with Crippen molar-refractivity contribution in [2.24, 2.45) is 0 Å². The standard InChI is InChI=1S/C25H29N3/c1-19(22-10-3-2-4-11-22)27-17-20-8-5-9-21(16-20)18-28-24-14-6-12-23-13-7-15-26-25(23)24/h2-5,7-11,13,15-16,19,24,27-28H,6,12,14,17-18H2,1H3. The molecule has 4 rings (SSSR count). The summed E-state index contributed by atoms with van der Waals surface area (Å²) in [5.74, 6) is 0. The molecule has 3 nitrogen and oxygen atoms in total. The van der Waals surface area contributed by atoms with Gasteiger partial charge >= 0.3 is 0 Å². The van der Waals surface area contributed by atoms with Gasteiger partial charge in [-0.2, -0.15) is 0 Å². The number of hydrogen-bond donors (Lipinski definition) is 2. The number of fused-ring (bicyclic) bond motifs is 1. The Morgan fingerprint density at radius 3 is 2.64 bits per heavy atom. The van der Waals surface area contributed by atoms with Gasteiger partial charge in [-0.05, 0) is 54.5 Å². The smallest absolute Gasteiger partial charge is 0.0605 e. The molecule has 0 aliphatic heterocycles. The molecule has 1 aliphatic carbocycles. The summed E-state index contributed by atoms with van der Waals surface area (Å²) in [6.45, 7) is 3.97. The highest BCUT2D eigenvalue weighted by Gasteiger charge is 2.20. The Balaban J connectivity index is 1.34. The predicted molar refractivity (Wildman–Crippen MR) is 115 cm³/mol. The molecule has 1 aromatic heterocycles. The van der Waals surface area contributed by atoms with E-state index in [1.165, 1.54) is 40.8 Å². The summed E-state index contributed by atoms with van der Waals surface area (Å²) in [4.78, 5) is 4.64. The van der Waals surface area contributed by atoms with Crippen molar-refractivity contribution in [2.45, 2.75) is 51.4 Å². The molecule has 0 spiro atoms. The molecule has 0 fully saturated rings. The van der Waals surface area contributed by atoms with Crippen LogP contribution in [0.2, 0.25) is 0 Å². The Morgan fingerprint density at radius 1 is 0.964 bits per heavy atom. The highest BCUT2D eigenvalue weighted by atomic mass is 14.9. The van der Waals surface area contributed by atoms with E-state index in [9.17, 15) is 0 Å². The van der Waals surface area contributed by atoms with Gasteiger partial charge in [0.25, 0.3) is 0 Å². The Morgan fingerprint density at radius 2 is 1.79 bits per heavy atom. The van der Waals surface area contributed by atoms with E-state index in [-0.39, 0.29) is 0 Å². The van der Waals surface area contributed by atoms with Crippen molar-refractivity contribution in [3.05, 3.63) is 101 Å². The molecule has 0 saturated carbocycles. The normalized spacial score (nSPS) is 17.1. The van der Waals surface area contributed by atoms with Crippen LogP contribution in [0.4, 0.5) is 0 Å². The maximum absolute atomic E-state index is 4.64. The van der Waals surface area contributed by atoms with Gasteiger partial charge < -0.3 is 10.6 Å². The van der Waals surface area contributed by atoms with E-state index < -0.39 is 0 Å². The lowest BCUT2D eigenvalue weighted by atomic mass is 9.92. The van der Waals surface area contributed by atoms with Gasteiger partial charge in [0.15, 0.2) is 0 Å². The fourth-order valence-electron chi connectivity index (χ4n) is 4.03. The monoisotopic (exact) mass is 371 g/mol. The zero-order chi connectivity index (χ0) is 19.2. The number of hydrogen-bond acceptors (Lipinski definition) is 3. The Bertz CT molecular complexity index is 891. The van der Waals surface area contributed by atoms with E-state index in [4.69, 9.17) is 0 Å². The van der Waals surface area contributed by atoms with Crippen molar-refractivity contribution in [1.82, 2.24) is 15.6 Å². The highest BCUT2D eigenvalue weighted by Crippen LogP contribution is 2.27. The number of aryl methyl sites for hydroxylation is 1. The molecule has 3 heteroatoms. The topological polar surface area (TPSA) is 37.0 Å². The summed E-state index contributed by atoms with van der Waals surface area (Å²) >= 11 is 0. The van der Waals surface area contributed by atoms with E-state index >= 15 is 0 Å². The zero-order valence-electron chi connectivity index (χ0n) is 16.6. The molecule has 2 N–H and O–H groups in total. The van der Waals surface area contributed by atoms with Crippen molar-refractivity contribution >= 4 is 0 Å². The lowest BCUT2D eigenvalue weighted by Crippen LogP contribution is -2.26. The minimum Gasteiger partial charge on any atom is -0.306 e.